The maximum atomic E-state index is 12.4. The van der Waals surface area contributed by atoms with Gasteiger partial charge in [-0.15, -0.1) is 0 Å². The number of carbonyl (C=O) groups is 1. The first-order valence-corrected chi connectivity index (χ1v) is 6.29. The summed E-state index contributed by atoms with van der Waals surface area (Å²) in [4.78, 5) is 17.1. The molecule has 0 aliphatic rings. The smallest absolute Gasteiger partial charge is 0.258 e. The summed E-state index contributed by atoms with van der Waals surface area (Å²) < 4.78 is 0. The number of fused-ring (bicyclic) bond motifs is 1. The van der Waals surface area contributed by atoms with E-state index in [0.717, 1.165) is 16.6 Å². The van der Waals surface area contributed by atoms with E-state index < -0.39 is 0 Å². The Morgan fingerprint density at radius 3 is 2.60 bits per heavy atom. The molecule has 2 N–H and O–H groups in total. The van der Waals surface area contributed by atoms with Crippen molar-refractivity contribution in [3.8, 4) is 5.75 Å². The van der Waals surface area contributed by atoms with Crippen molar-refractivity contribution in [3.05, 3.63) is 60.3 Å². The van der Waals surface area contributed by atoms with Gasteiger partial charge in [-0.05, 0) is 47.9 Å². The minimum atomic E-state index is -0.0906. The van der Waals surface area contributed by atoms with E-state index in [1.165, 1.54) is 0 Å². The number of rotatable bonds is 2. The number of H-pyrrole nitrogens is 1. The van der Waals surface area contributed by atoms with Gasteiger partial charge in [-0.25, -0.2) is 0 Å². The van der Waals surface area contributed by atoms with E-state index in [4.69, 9.17) is 0 Å². The maximum Gasteiger partial charge on any atom is 0.258 e. The standard InChI is InChI=1S/C16H14N2O2/c1-18(13-4-6-14(19)7-5-13)16(20)12-3-2-11-8-9-17-15(11)10-12/h2-10,17,19H,1H3. The van der Waals surface area contributed by atoms with Crippen LogP contribution in [0.15, 0.2) is 54.7 Å². The van der Waals surface area contributed by atoms with Crippen LogP contribution in [0.5, 0.6) is 5.75 Å². The van der Waals surface area contributed by atoms with Gasteiger partial charge >= 0.3 is 0 Å². The molecular formula is C16H14N2O2. The van der Waals surface area contributed by atoms with Crippen LogP contribution in [0.3, 0.4) is 0 Å². The van der Waals surface area contributed by atoms with Crippen molar-refractivity contribution in [3.63, 3.8) is 0 Å². The molecule has 4 heteroatoms. The number of benzene rings is 2. The first-order valence-electron chi connectivity index (χ1n) is 6.29. The number of hydrogen-bond acceptors (Lipinski definition) is 2. The fraction of sp³-hybridized carbons (Fsp3) is 0.0625. The SMILES string of the molecule is CN(C(=O)c1ccc2cc[nH]c2c1)c1ccc(O)cc1. The third-order valence-electron chi connectivity index (χ3n) is 3.34. The lowest BCUT2D eigenvalue weighted by Crippen LogP contribution is -2.26. The van der Waals surface area contributed by atoms with Crippen molar-refractivity contribution in [1.82, 2.24) is 4.98 Å². The molecule has 0 fully saturated rings. The summed E-state index contributed by atoms with van der Waals surface area (Å²) >= 11 is 0. The molecule has 0 saturated carbocycles. The Labute approximate surface area is 116 Å². The summed E-state index contributed by atoms with van der Waals surface area (Å²) in [6.07, 6.45) is 1.85. The highest BCUT2D eigenvalue weighted by Crippen LogP contribution is 2.20. The van der Waals surface area contributed by atoms with E-state index in [1.54, 1.807) is 36.2 Å². The second-order valence-electron chi connectivity index (χ2n) is 4.66. The Bertz CT molecular complexity index is 760. The zero-order chi connectivity index (χ0) is 14.1. The zero-order valence-corrected chi connectivity index (χ0v) is 11.0. The van der Waals surface area contributed by atoms with Gasteiger partial charge in [-0.3, -0.25) is 4.79 Å². The second kappa shape index (κ2) is 4.74. The third kappa shape index (κ3) is 2.12. The normalized spacial score (nSPS) is 10.7. The molecule has 3 aromatic rings. The Morgan fingerprint density at radius 1 is 1.10 bits per heavy atom. The maximum absolute atomic E-state index is 12.4. The number of phenols is 1. The van der Waals surface area contributed by atoms with Gasteiger partial charge in [0.2, 0.25) is 0 Å². The van der Waals surface area contributed by atoms with Gasteiger partial charge in [-0.2, -0.15) is 0 Å². The highest BCUT2D eigenvalue weighted by Gasteiger charge is 2.14. The number of aromatic nitrogens is 1. The summed E-state index contributed by atoms with van der Waals surface area (Å²) in [5.74, 6) is 0.0922. The summed E-state index contributed by atoms with van der Waals surface area (Å²) in [7, 11) is 1.72. The van der Waals surface area contributed by atoms with Crippen molar-refractivity contribution >= 4 is 22.5 Å². The Kier molecular flexibility index (Phi) is 2.91. The predicted octanol–water partition coefficient (Wildman–Crippen LogP) is 3.15. The topological polar surface area (TPSA) is 56.3 Å². The highest BCUT2D eigenvalue weighted by atomic mass is 16.3. The van der Waals surface area contributed by atoms with Crippen LogP contribution in [-0.2, 0) is 0 Å². The van der Waals surface area contributed by atoms with Crippen molar-refractivity contribution in [2.45, 2.75) is 0 Å². The van der Waals surface area contributed by atoms with Crippen molar-refractivity contribution in [1.29, 1.82) is 0 Å². The number of hydrogen-bond donors (Lipinski definition) is 2. The minimum Gasteiger partial charge on any atom is -0.508 e. The molecule has 0 aliphatic heterocycles. The first kappa shape index (κ1) is 12.3. The van der Waals surface area contributed by atoms with Crippen molar-refractivity contribution in [2.24, 2.45) is 0 Å². The van der Waals surface area contributed by atoms with Crippen LogP contribution in [0, 0.1) is 0 Å². The van der Waals surface area contributed by atoms with Gasteiger partial charge in [0.25, 0.3) is 5.91 Å². The van der Waals surface area contributed by atoms with E-state index in [-0.39, 0.29) is 11.7 Å². The van der Waals surface area contributed by atoms with E-state index in [2.05, 4.69) is 4.98 Å². The monoisotopic (exact) mass is 266 g/mol. The quantitative estimate of drug-likeness (QED) is 0.748. The van der Waals surface area contributed by atoms with Crippen LogP contribution in [0.25, 0.3) is 10.9 Å². The number of phenolic OH excluding ortho intramolecular Hbond substituents is 1. The number of amides is 1. The number of carbonyl (C=O) groups excluding carboxylic acids is 1. The van der Waals surface area contributed by atoms with E-state index in [9.17, 15) is 9.90 Å². The molecule has 1 aromatic heterocycles. The molecule has 0 spiro atoms. The van der Waals surface area contributed by atoms with Crippen LogP contribution < -0.4 is 4.90 Å². The average Bonchev–Trinajstić information content (AvgIpc) is 2.94. The predicted molar refractivity (Wildman–Crippen MR) is 79.1 cm³/mol. The van der Waals surface area contributed by atoms with Crippen molar-refractivity contribution in [2.75, 3.05) is 11.9 Å². The number of anilines is 1. The third-order valence-corrected chi connectivity index (χ3v) is 3.34. The lowest BCUT2D eigenvalue weighted by atomic mass is 10.1. The molecule has 0 bridgehead atoms. The van der Waals surface area contributed by atoms with Crippen LogP contribution in [-0.4, -0.2) is 23.0 Å². The molecule has 100 valence electrons. The fourth-order valence-electron chi connectivity index (χ4n) is 2.17. The molecule has 1 heterocycles. The molecular weight excluding hydrogens is 252 g/mol. The molecule has 3 rings (SSSR count). The van der Waals surface area contributed by atoms with Crippen LogP contribution in [0.2, 0.25) is 0 Å². The summed E-state index contributed by atoms with van der Waals surface area (Å²) in [6.45, 7) is 0. The molecule has 0 radical (unpaired) electrons. The van der Waals surface area contributed by atoms with Gasteiger partial charge in [-0.1, -0.05) is 6.07 Å². The molecule has 2 aromatic carbocycles. The molecule has 0 atom stereocenters. The molecule has 1 amide bonds. The number of aromatic amines is 1. The van der Waals surface area contributed by atoms with E-state index >= 15 is 0 Å². The van der Waals surface area contributed by atoms with E-state index in [1.807, 2.05) is 30.5 Å². The molecule has 0 saturated heterocycles. The van der Waals surface area contributed by atoms with Crippen LogP contribution in [0.4, 0.5) is 5.69 Å². The molecule has 20 heavy (non-hydrogen) atoms. The Morgan fingerprint density at radius 2 is 1.85 bits per heavy atom. The second-order valence-corrected chi connectivity index (χ2v) is 4.66. The van der Waals surface area contributed by atoms with Gasteiger partial charge in [0.1, 0.15) is 5.75 Å². The lowest BCUT2D eigenvalue weighted by Gasteiger charge is -2.17. The molecule has 0 aliphatic carbocycles. The average molecular weight is 266 g/mol. The van der Waals surface area contributed by atoms with Crippen LogP contribution in [0.1, 0.15) is 10.4 Å². The largest absolute Gasteiger partial charge is 0.508 e. The summed E-state index contributed by atoms with van der Waals surface area (Å²) in [5.41, 5.74) is 2.30. The molecule has 0 unspecified atom stereocenters. The van der Waals surface area contributed by atoms with Gasteiger partial charge in [0.05, 0.1) is 0 Å². The number of nitrogens with one attached hydrogen (secondary N) is 1. The Balaban J connectivity index is 1.92. The van der Waals surface area contributed by atoms with Gasteiger partial charge < -0.3 is 15.0 Å². The van der Waals surface area contributed by atoms with Gasteiger partial charge in [0, 0.05) is 30.0 Å². The van der Waals surface area contributed by atoms with Crippen molar-refractivity contribution < 1.29 is 9.90 Å². The number of nitrogens with zero attached hydrogens (tertiary/aromatic N) is 1. The first-order chi connectivity index (χ1) is 9.65. The lowest BCUT2D eigenvalue weighted by molar-refractivity contribution is 0.0993. The summed E-state index contributed by atoms with van der Waals surface area (Å²) in [6, 6.07) is 14.1. The minimum absolute atomic E-state index is 0.0906. The summed E-state index contributed by atoms with van der Waals surface area (Å²) in [5, 5.41) is 10.4. The molecule has 4 nitrogen and oxygen atoms in total. The Hall–Kier alpha value is -2.75. The number of aromatic hydroxyl groups is 1. The van der Waals surface area contributed by atoms with Gasteiger partial charge in [0.15, 0.2) is 0 Å². The van der Waals surface area contributed by atoms with Crippen LogP contribution >= 0.6 is 0 Å². The fourth-order valence-corrected chi connectivity index (χ4v) is 2.17. The van der Waals surface area contributed by atoms with E-state index in [0.29, 0.717) is 5.56 Å². The zero-order valence-electron chi connectivity index (χ0n) is 11.0. The highest BCUT2D eigenvalue weighted by molar-refractivity contribution is 6.07.